The van der Waals surface area contributed by atoms with Gasteiger partial charge in [0.1, 0.15) is 0 Å². The summed E-state index contributed by atoms with van der Waals surface area (Å²) < 4.78 is 5.39. The number of nitrogen functional groups attached to an aromatic ring is 1. The van der Waals surface area contributed by atoms with E-state index in [4.69, 9.17) is 10.5 Å². The van der Waals surface area contributed by atoms with Gasteiger partial charge in [-0.25, -0.2) is 0 Å². The van der Waals surface area contributed by atoms with E-state index in [9.17, 15) is 4.79 Å². The predicted octanol–water partition coefficient (Wildman–Crippen LogP) is 2.30. The van der Waals surface area contributed by atoms with Crippen LogP contribution in [0.4, 0.5) is 5.69 Å². The Morgan fingerprint density at radius 1 is 1.20 bits per heavy atom. The van der Waals surface area contributed by atoms with Gasteiger partial charge in [0.05, 0.1) is 0 Å². The van der Waals surface area contributed by atoms with Crippen LogP contribution in [0.25, 0.3) is 0 Å². The second kappa shape index (κ2) is 5.83. The maximum absolute atomic E-state index is 12.2. The van der Waals surface area contributed by atoms with Crippen LogP contribution in [0.2, 0.25) is 0 Å². The second-order valence-electron chi connectivity index (χ2n) is 5.93. The van der Waals surface area contributed by atoms with Crippen LogP contribution in [-0.2, 0) is 4.74 Å². The van der Waals surface area contributed by atoms with Crippen molar-refractivity contribution in [1.29, 1.82) is 0 Å². The molecule has 1 aromatic carbocycles. The lowest BCUT2D eigenvalue weighted by atomic mass is 9.90. The monoisotopic (exact) mass is 274 g/mol. The van der Waals surface area contributed by atoms with Gasteiger partial charge in [0.15, 0.2) is 0 Å². The smallest absolute Gasteiger partial charge is 0.251 e. The molecule has 1 saturated heterocycles. The minimum atomic E-state index is -0.00231. The maximum atomic E-state index is 12.2. The molecule has 1 amide bonds. The Morgan fingerprint density at radius 2 is 1.95 bits per heavy atom. The van der Waals surface area contributed by atoms with Gasteiger partial charge in [-0.3, -0.25) is 4.79 Å². The van der Waals surface area contributed by atoms with Gasteiger partial charge >= 0.3 is 0 Å². The zero-order valence-corrected chi connectivity index (χ0v) is 11.7. The molecule has 1 aliphatic heterocycles. The number of carbonyl (C=O) groups excluding carboxylic acids is 1. The Hall–Kier alpha value is -1.55. The van der Waals surface area contributed by atoms with Crippen molar-refractivity contribution >= 4 is 11.6 Å². The van der Waals surface area contributed by atoms with E-state index < -0.39 is 0 Å². The van der Waals surface area contributed by atoms with Crippen molar-refractivity contribution in [3.05, 3.63) is 29.3 Å². The fourth-order valence-electron chi connectivity index (χ4n) is 2.74. The number of nitrogens with two attached hydrogens (primary N) is 1. The molecule has 2 aliphatic rings. The van der Waals surface area contributed by atoms with Gasteiger partial charge in [0.2, 0.25) is 0 Å². The number of rotatable bonds is 4. The average molecular weight is 274 g/mol. The first kappa shape index (κ1) is 13.4. The molecule has 0 aromatic heterocycles. The highest BCUT2D eigenvalue weighted by Gasteiger charge is 2.22. The van der Waals surface area contributed by atoms with Gasteiger partial charge in [0.25, 0.3) is 5.91 Å². The van der Waals surface area contributed by atoms with E-state index in [1.807, 2.05) is 12.1 Å². The highest BCUT2D eigenvalue weighted by molar-refractivity contribution is 5.95. The summed E-state index contributed by atoms with van der Waals surface area (Å²) in [6.45, 7) is 2.38. The van der Waals surface area contributed by atoms with Gasteiger partial charge < -0.3 is 15.8 Å². The van der Waals surface area contributed by atoms with E-state index in [-0.39, 0.29) is 5.91 Å². The van der Waals surface area contributed by atoms with Gasteiger partial charge in [-0.05, 0) is 61.3 Å². The molecule has 3 rings (SSSR count). The Morgan fingerprint density at radius 3 is 2.65 bits per heavy atom. The van der Waals surface area contributed by atoms with Crippen molar-refractivity contribution in [3.8, 4) is 0 Å². The number of carbonyl (C=O) groups is 1. The average Bonchev–Trinajstić information content (AvgIpc) is 3.29. The van der Waals surface area contributed by atoms with Crippen molar-refractivity contribution in [1.82, 2.24) is 5.32 Å². The van der Waals surface area contributed by atoms with Crippen molar-refractivity contribution < 1.29 is 9.53 Å². The topological polar surface area (TPSA) is 64.4 Å². The van der Waals surface area contributed by atoms with E-state index in [1.165, 1.54) is 18.4 Å². The zero-order valence-electron chi connectivity index (χ0n) is 11.7. The number of amides is 1. The lowest BCUT2D eigenvalue weighted by Gasteiger charge is -2.23. The summed E-state index contributed by atoms with van der Waals surface area (Å²) in [5, 5.41) is 3.00. The van der Waals surface area contributed by atoms with E-state index >= 15 is 0 Å². The summed E-state index contributed by atoms with van der Waals surface area (Å²) in [4.78, 5) is 12.2. The van der Waals surface area contributed by atoms with E-state index in [0.29, 0.717) is 23.1 Å². The molecule has 0 bridgehead atoms. The third-order valence-corrected chi connectivity index (χ3v) is 4.18. The third-order valence-electron chi connectivity index (χ3n) is 4.18. The van der Waals surface area contributed by atoms with Crippen LogP contribution in [0.3, 0.4) is 0 Å². The van der Waals surface area contributed by atoms with Crippen LogP contribution in [0.15, 0.2) is 18.2 Å². The molecule has 4 nitrogen and oxygen atoms in total. The first-order valence-corrected chi connectivity index (χ1v) is 7.49. The van der Waals surface area contributed by atoms with Crippen LogP contribution in [0, 0.1) is 5.92 Å². The molecule has 20 heavy (non-hydrogen) atoms. The minimum Gasteiger partial charge on any atom is -0.399 e. The van der Waals surface area contributed by atoms with Crippen LogP contribution >= 0.6 is 0 Å². The number of anilines is 1. The highest BCUT2D eigenvalue weighted by atomic mass is 16.5. The highest BCUT2D eigenvalue weighted by Crippen LogP contribution is 2.30. The third kappa shape index (κ3) is 3.31. The normalized spacial score (nSPS) is 19.8. The molecule has 1 heterocycles. The lowest BCUT2D eigenvalue weighted by molar-refractivity contribution is 0.0853. The summed E-state index contributed by atoms with van der Waals surface area (Å²) >= 11 is 0. The molecule has 0 radical (unpaired) electrons. The maximum Gasteiger partial charge on any atom is 0.251 e. The number of hydrogen-bond acceptors (Lipinski definition) is 3. The second-order valence-corrected chi connectivity index (χ2v) is 5.93. The van der Waals surface area contributed by atoms with Crippen LogP contribution in [-0.4, -0.2) is 25.7 Å². The molecule has 1 saturated carbocycles. The Bertz CT molecular complexity index is 491. The molecule has 2 fully saturated rings. The lowest BCUT2D eigenvalue weighted by Crippen LogP contribution is -2.26. The predicted molar refractivity (Wildman–Crippen MR) is 78.7 cm³/mol. The molecule has 0 spiro atoms. The molecule has 108 valence electrons. The van der Waals surface area contributed by atoms with Gasteiger partial charge in [-0.15, -0.1) is 0 Å². The molecule has 3 N–H and O–H groups in total. The van der Waals surface area contributed by atoms with Crippen LogP contribution in [0.5, 0.6) is 0 Å². The fourth-order valence-corrected chi connectivity index (χ4v) is 2.74. The Kier molecular flexibility index (Phi) is 3.92. The first-order chi connectivity index (χ1) is 9.72. The van der Waals surface area contributed by atoms with Crippen molar-refractivity contribution in [2.24, 2.45) is 5.92 Å². The van der Waals surface area contributed by atoms with Gasteiger partial charge in [-0.1, -0.05) is 0 Å². The van der Waals surface area contributed by atoms with Gasteiger partial charge in [0, 0.05) is 31.0 Å². The number of ether oxygens (including phenoxy) is 1. The van der Waals surface area contributed by atoms with E-state index in [1.54, 1.807) is 6.07 Å². The SMILES string of the molecule is Nc1cc(C(=O)NCC2CC2)cc(C2CCOCC2)c1. The Labute approximate surface area is 119 Å². The quantitative estimate of drug-likeness (QED) is 0.828. The van der Waals surface area contributed by atoms with Crippen LogP contribution < -0.4 is 11.1 Å². The number of benzene rings is 1. The van der Waals surface area contributed by atoms with Gasteiger partial charge in [-0.2, -0.15) is 0 Å². The standard InChI is InChI=1S/C16H22N2O2/c17-15-8-13(12-3-5-20-6-4-12)7-14(9-15)16(19)18-10-11-1-2-11/h7-9,11-12H,1-6,10,17H2,(H,18,19). The van der Waals surface area contributed by atoms with E-state index in [0.717, 1.165) is 32.6 Å². The molecular weight excluding hydrogens is 252 g/mol. The molecule has 1 aromatic rings. The Balaban J connectivity index is 1.72. The fraction of sp³-hybridized carbons (Fsp3) is 0.562. The largest absolute Gasteiger partial charge is 0.399 e. The number of hydrogen-bond donors (Lipinski definition) is 2. The van der Waals surface area contributed by atoms with Crippen molar-refractivity contribution in [2.75, 3.05) is 25.5 Å². The summed E-state index contributed by atoms with van der Waals surface area (Å²) in [6.07, 6.45) is 4.49. The molecule has 0 atom stereocenters. The number of nitrogens with one attached hydrogen (secondary N) is 1. The molecule has 1 aliphatic carbocycles. The summed E-state index contributed by atoms with van der Waals surface area (Å²) in [7, 11) is 0. The molecule has 4 heteroatoms. The zero-order chi connectivity index (χ0) is 13.9. The summed E-state index contributed by atoms with van der Waals surface area (Å²) in [5.74, 6) is 1.15. The van der Waals surface area contributed by atoms with Crippen molar-refractivity contribution in [2.45, 2.75) is 31.6 Å². The summed E-state index contributed by atoms with van der Waals surface area (Å²) in [5.41, 5.74) is 8.49. The molecular formula is C16H22N2O2. The first-order valence-electron chi connectivity index (χ1n) is 7.49. The molecule has 0 unspecified atom stereocenters. The minimum absolute atomic E-state index is 0.00231. The van der Waals surface area contributed by atoms with Crippen LogP contribution in [0.1, 0.15) is 47.5 Å². The van der Waals surface area contributed by atoms with E-state index in [2.05, 4.69) is 5.32 Å². The summed E-state index contributed by atoms with van der Waals surface area (Å²) in [6, 6.07) is 5.76. The van der Waals surface area contributed by atoms with Crippen molar-refractivity contribution in [3.63, 3.8) is 0 Å².